The van der Waals surface area contributed by atoms with E-state index in [9.17, 15) is 0 Å². The van der Waals surface area contributed by atoms with Gasteiger partial charge >= 0.3 is 0 Å². The Morgan fingerprint density at radius 2 is 1.95 bits per heavy atom. The molecule has 1 aliphatic rings. The number of piperazine rings is 1. The molecule has 6 heteroatoms. The molecule has 106 valence electrons. The predicted molar refractivity (Wildman–Crippen MR) is 78.6 cm³/mol. The van der Waals surface area contributed by atoms with Gasteiger partial charge in [0.05, 0.1) is 0 Å². The molecule has 6 nitrogen and oxygen atoms in total. The number of anilines is 2. The number of likely N-dealkylation sites (N-methyl/N-ethyl adjacent to an activating group) is 1. The molecule has 1 saturated heterocycles. The summed E-state index contributed by atoms with van der Waals surface area (Å²) in [5, 5.41) is 4.09. The topological polar surface area (TPSA) is 71.4 Å². The van der Waals surface area contributed by atoms with Crippen LogP contribution in [-0.2, 0) is 0 Å². The number of nitrogens with two attached hydrogens (primary N) is 1. The maximum atomic E-state index is 5.76. The quantitative estimate of drug-likeness (QED) is 0.833. The van der Waals surface area contributed by atoms with Gasteiger partial charge in [-0.15, -0.1) is 0 Å². The van der Waals surface area contributed by atoms with E-state index in [4.69, 9.17) is 10.3 Å². The van der Waals surface area contributed by atoms with E-state index in [1.807, 2.05) is 25.1 Å². The van der Waals surface area contributed by atoms with Gasteiger partial charge in [-0.2, -0.15) is 4.98 Å². The lowest BCUT2D eigenvalue weighted by atomic mass is 10.1. The van der Waals surface area contributed by atoms with Gasteiger partial charge in [-0.05, 0) is 42.9 Å². The number of rotatable bonds is 2. The molecular weight excluding hydrogens is 254 g/mol. The molecule has 0 bridgehead atoms. The highest BCUT2D eigenvalue weighted by Crippen LogP contribution is 2.25. The monoisotopic (exact) mass is 273 g/mol. The molecule has 1 aliphatic heterocycles. The van der Waals surface area contributed by atoms with Crippen molar-refractivity contribution < 1.29 is 4.52 Å². The van der Waals surface area contributed by atoms with E-state index < -0.39 is 0 Å². The van der Waals surface area contributed by atoms with Gasteiger partial charge in [0.1, 0.15) is 0 Å². The minimum absolute atomic E-state index is 0.552. The zero-order valence-corrected chi connectivity index (χ0v) is 11.8. The first-order valence-corrected chi connectivity index (χ1v) is 6.77. The van der Waals surface area contributed by atoms with Crippen LogP contribution in [0.3, 0.4) is 0 Å². The van der Waals surface area contributed by atoms with Gasteiger partial charge in [0, 0.05) is 37.4 Å². The zero-order chi connectivity index (χ0) is 14.1. The number of nitrogens with zero attached hydrogens (tertiary/aromatic N) is 4. The lowest BCUT2D eigenvalue weighted by Gasteiger charge is -2.31. The predicted octanol–water partition coefficient (Wildman–Crippen LogP) is 1.38. The Morgan fingerprint density at radius 1 is 1.20 bits per heavy atom. The molecule has 0 radical (unpaired) electrons. The highest BCUT2D eigenvalue weighted by Gasteiger charge is 2.20. The van der Waals surface area contributed by atoms with Crippen LogP contribution in [0.5, 0.6) is 0 Å². The van der Waals surface area contributed by atoms with Crippen molar-refractivity contribution in [3.05, 3.63) is 23.8 Å². The van der Waals surface area contributed by atoms with E-state index in [2.05, 4.69) is 27.0 Å². The Hall–Kier alpha value is -2.08. The van der Waals surface area contributed by atoms with E-state index in [0.29, 0.717) is 11.8 Å². The van der Waals surface area contributed by atoms with Crippen LogP contribution in [0.1, 0.15) is 5.56 Å². The first-order chi connectivity index (χ1) is 9.63. The second-order valence-corrected chi connectivity index (χ2v) is 5.26. The highest BCUT2D eigenvalue weighted by molar-refractivity contribution is 5.63. The van der Waals surface area contributed by atoms with Crippen molar-refractivity contribution in [2.75, 3.05) is 43.9 Å². The average molecular weight is 273 g/mol. The lowest BCUT2D eigenvalue weighted by molar-refractivity contribution is 0.309. The fourth-order valence-corrected chi connectivity index (χ4v) is 2.39. The Kier molecular flexibility index (Phi) is 3.31. The fraction of sp³-hybridized carbons (Fsp3) is 0.429. The summed E-state index contributed by atoms with van der Waals surface area (Å²) in [6.45, 7) is 5.88. The third-order valence-corrected chi connectivity index (χ3v) is 3.68. The Labute approximate surface area is 118 Å². The molecule has 2 heterocycles. The molecule has 20 heavy (non-hydrogen) atoms. The van der Waals surface area contributed by atoms with E-state index in [0.717, 1.165) is 43.0 Å². The Bertz CT molecular complexity index is 601. The third kappa shape index (κ3) is 2.46. The number of hydrogen-bond acceptors (Lipinski definition) is 6. The summed E-state index contributed by atoms with van der Waals surface area (Å²) < 4.78 is 5.39. The Balaban J connectivity index is 1.83. The molecular formula is C14H19N5O. The standard InChI is InChI=1S/C14H19N5O/c1-10-9-11(15)3-4-12(10)13-16-14(17-20-13)19-7-5-18(2)6-8-19/h3-4,9H,5-8,15H2,1-2H3. The fourth-order valence-electron chi connectivity index (χ4n) is 2.39. The van der Waals surface area contributed by atoms with E-state index in [1.165, 1.54) is 0 Å². The Morgan fingerprint density at radius 3 is 2.65 bits per heavy atom. The van der Waals surface area contributed by atoms with Crippen LogP contribution in [0.2, 0.25) is 0 Å². The van der Waals surface area contributed by atoms with Gasteiger partial charge in [-0.3, -0.25) is 0 Å². The second kappa shape index (κ2) is 5.13. The summed E-state index contributed by atoms with van der Waals surface area (Å²) in [4.78, 5) is 8.95. The number of aryl methyl sites for hydroxylation is 1. The smallest absolute Gasteiger partial charge is 0.266 e. The normalized spacial score (nSPS) is 16.6. The number of hydrogen-bond donors (Lipinski definition) is 1. The van der Waals surface area contributed by atoms with Crippen molar-refractivity contribution in [3.8, 4) is 11.5 Å². The van der Waals surface area contributed by atoms with Crippen molar-refractivity contribution in [1.29, 1.82) is 0 Å². The van der Waals surface area contributed by atoms with Crippen LogP contribution in [0.4, 0.5) is 11.6 Å². The number of aromatic nitrogens is 2. The molecule has 0 spiro atoms. The summed E-state index contributed by atoms with van der Waals surface area (Å²) in [5.74, 6) is 1.22. The molecule has 0 amide bonds. The van der Waals surface area contributed by atoms with Crippen LogP contribution < -0.4 is 10.6 Å². The van der Waals surface area contributed by atoms with E-state index in [1.54, 1.807) is 0 Å². The molecule has 0 aliphatic carbocycles. The van der Waals surface area contributed by atoms with Crippen molar-refractivity contribution in [2.45, 2.75) is 6.92 Å². The second-order valence-electron chi connectivity index (χ2n) is 5.26. The average Bonchev–Trinajstić information content (AvgIpc) is 2.89. The van der Waals surface area contributed by atoms with Crippen LogP contribution in [0.25, 0.3) is 11.5 Å². The van der Waals surface area contributed by atoms with Crippen molar-refractivity contribution in [3.63, 3.8) is 0 Å². The first kappa shape index (κ1) is 12.9. The van der Waals surface area contributed by atoms with Crippen LogP contribution in [0, 0.1) is 6.92 Å². The van der Waals surface area contributed by atoms with Gasteiger partial charge in [-0.25, -0.2) is 0 Å². The highest BCUT2D eigenvalue weighted by atomic mass is 16.5. The van der Waals surface area contributed by atoms with Gasteiger partial charge in [-0.1, -0.05) is 0 Å². The largest absolute Gasteiger partial charge is 0.399 e. The zero-order valence-electron chi connectivity index (χ0n) is 11.8. The molecule has 1 aromatic carbocycles. The number of nitrogen functional groups attached to an aromatic ring is 1. The molecule has 0 atom stereocenters. The lowest BCUT2D eigenvalue weighted by Crippen LogP contribution is -2.44. The van der Waals surface area contributed by atoms with E-state index >= 15 is 0 Å². The van der Waals surface area contributed by atoms with E-state index in [-0.39, 0.29) is 0 Å². The maximum absolute atomic E-state index is 5.76. The number of benzene rings is 1. The van der Waals surface area contributed by atoms with Crippen LogP contribution in [-0.4, -0.2) is 48.3 Å². The molecule has 2 N–H and O–H groups in total. The summed E-state index contributed by atoms with van der Waals surface area (Å²) in [6, 6.07) is 5.68. The minimum Gasteiger partial charge on any atom is -0.399 e. The van der Waals surface area contributed by atoms with Gasteiger partial charge in [0.15, 0.2) is 0 Å². The van der Waals surface area contributed by atoms with Crippen molar-refractivity contribution in [1.82, 2.24) is 15.0 Å². The van der Waals surface area contributed by atoms with Gasteiger partial charge < -0.3 is 20.1 Å². The molecule has 2 aromatic rings. The first-order valence-electron chi connectivity index (χ1n) is 6.77. The molecule has 0 unspecified atom stereocenters. The van der Waals surface area contributed by atoms with Crippen LogP contribution >= 0.6 is 0 Å². The summed E-state index contributed by atoms with van der Waals surface area (Å²) in [6.07, 6.45) is 0. The molecule has 0 saturated carbocycles. The minimum atomic E-state index is 0.552. The van der Waals surface area contributed by atoms with Crippen LogP contribution in [0.15, 0.2) is 22.7 Å². The maximum Gasteiger partial charge on any atom is 0.266 e. The molecule has 1 aromatic heterocycles. The van der Waals surface area contributed by atoms with Crippen molar-refractivity contribution >= 4 is 11.6 Å². The summed E-state index contributed by atoms with van der Waals surface area (Å²) in [5.41, 5.74) is 8.48. The SMILES string of the molecule is Cc1cc(N)ccc1-c1nc(N2CCN(C)CC2)no1. The molecule has 3 rings (SSSR count). The summed E-state index contributed by atoms with van der Waals surface area (Å²) >= 11 is 0. The molecule has 1 fully saturated rings. The van der Waals surface area contributed by atoms with Crippen molar-refractivity contribution in [2.24, 2.45) is 0 Å². The van der Waals surface area contributed by atoms with Gasteiger partial charge in [0.25, 0.3) is 11.8 Å². The summed E-state index contributed by atoms with van der Waals surface area (Å²) in [7, 11) is 2.12. The third-order valence-electron chi connectivity index (χ3n) is 3.68. The van der Waals surface area contributed by atoms with Gasteiger partial charge in [0.2, 0.25) is 0 Å².